The molecule has 2 amide bonds. The summed E-state index contributed by atoms with van der Waals surface area (Å²) in [5.41, 5.74) is 8.79. The van der Waals surface area contributed by atoms with E-state index in [-0.39, 0.29) is 12.0 Å². The van der Waals surface area contributed by atoms with E-state index in [4.69, 9.17) is 15.2 Å². The lowest BCUT2D eigenvalue weighted by molar-refractivity contribution is -0.111. The monoisotopic (exact) mass is 497 g/mol. The Morgan fingerprint density at radius 3 is 3.00 bits per heavy atom. The Kier molecular flexibility index (Phi) is 8.25. The van der Waals surface area contributed by atoms with Crippen LogP contribution in [0.15, 0.2) is 35.3 Å². The van der Waals surface area contributed by atoms with E-state index in [2.05, 4.69) is 20.5 Å². The van der Waals surface area contributed by atoms with Gasteiger partial charge in [-0.15, -0.1) is 11.3 Å². The first kappa shape index (κ1) is 24.6. The summed E-state index contributed by atoms with van der Waals surface area (Å²) in [4.78, 5) is 32.0. The molecular formula is C25H31N5O4S. The van der Waals surface area contributed by atoms with Gasteiger partial charge >= 0.3 is 6.09 Å². The van der Waals surface area contributed by atoms with Gasteiger partial charge in [0.25, 0.3) is 0 Å². The van der Waals surface area contributed by atoms with Crippen molar-refractivity contribution in [3.8, 4) is 5.75 Å². The summed E-state index contributed by atoms with van der Waals surface area (Å²) in [7, 11) is 0. The number of hydrogen-bond acceptors (Lipinski definition) is 8. The van der Waals surface area contributed by atoms with Crippen LogP contribution in [0.1, 0.15) is 29.3 Å². The molecule has 0 bridgehead atoms. The maximum absolute atomic E-state index is 12.5. The first-order valence-corrected chi connectivity index (χ1v) is 12.6. The molecule has 1 aromatic heterocycles. The molecule has 0 fully saturated rings. The van der Waals surface area contributed by atoms with Crippen molar-refractivity contribution in [3.05, 3.63) is 46.3 Å². The summed E-state index contributed by atoms with van der Waals surface area (Å²) in [5, 5.41) is 6.32. The quantitative estimate of drug-likeness (QED) is 0.458. The van der Waals surface area contributed by atoms with Gasteiger partial charge in [-0.25, -0.2) is 4.79 Å². The van der Waals surface area contributed by atoms with Crippen LogP contribution < -0.4 is 21.1 Å². The number of nitrogens with one attached hydrogen (secondary N) is 2. The Balaban J connectivity index is 1.29. The molecule has 4 rings (SSSR count). The Labute approximate surface area is 209 Å². The Hall–Kier alpha value is -3.53. The van der Waals surface area contributed by atoms with Gasteiger partial charge in [0, 0.05) is 42.6 Å². The standard InChI is InChI=1S/C25H31N5O4S/c1-2-33-20-6-4-3-5-17(20)7-10-22(31)29-24-23(26)19-9-8-18(15-21(19)35-24)34-25(32)28-12-14-30-13-11-27-16-30/h3-7,10,16,18H,2,8-9,11-15,26H2,1H3,(H,28,32)(H,29,31)/b10-7+. The van der Waals surface area contributed by atoms with Crippen LogP contribution >= 0.6 is 11.3 Å². The molecule has 0 spiro atoms. The van der Waals surface area contributed by atoms with E-state index >= 15 is 0 Å². The molecule has 0 radical (unpaired) electrons. The minimum absolute atomic E-state index is 0.215. The SMILES string of the molecule is CCOc1ccccc1/C=C/C(=O)Nc1sc2c(c1N)CCC(OC(=O)NCCN1C=NCC1)C2. The Bertz CT molecular complexity index is 1110. The summed E-state index contributed by atoms with van der Waals surface area (Å²) in [6, 6.07) is 7.55. The van der Waals surface area contributed by atoms with Crippen molar-refractivity contribution in [2.75, 3.05) is 43.8 Å². The molecule has 1 unspecified atom stereocenters. The van der Waals surface area contributed by atoms with Crippen molar-refractivity contribution in [2.45, 2.75) is 32.3 Å². The molecule has 4 N–H and O–H groups in total. The fraction of sp³-hybridized carbons (Fsp3) is 0.400. The second kappa shape index (κ2) is 11.7. The second-order valence-electron chi connectivity index (χ2n) is 8.29. The van der Waals surface area contributed by atoms with E-state index in [0.29, 0.717) is 49.6 Å². The van der Waals surface area contributed by atoms with E-state index < -0.39 is 6.09 Å². The summed E-state index contributed by atoms with van der Waals surface area (Å²) < 4.78 is 11.2. The van der Waals surface area contributed by atoms with Crippen molar-refractivity contribution in [1.29, 1.82) is 0 Å². The number of fused-ring (bicyclic) bond motifs is 1. The molecule has 2 heterocycles. The highest BCUT2D eigenvalue weighted by molar-refractivity contribution is 7.17. The van der Waals surface area contributed by atoms with Gasteiger partial charge in [-0.1, -0.05) is 18.2 Å². The minimum Gasteiger partial charge on any atom is -0.493 e. The van der Waals surface area contributed by atoms with Crippen LogP contribution in [-0.2, 0) is 22.4 Å². The largest absolute Gasteiger partial charge is 0.493 e. The van der Waals surface area contributed by atoms with Crippen molar-refractivity contribution < 1.29 is 19.1 Å². The van der Waals surface area contributed by atoms with Gasteiger partial charge in [0.15, 0.2) is 0 Å². The lowest BCUT2D eigenvalue weighted by Crippen LogP contribution is -2.36. The van der Waals surface area contributed by atoms with Gasteiger partial charge in [-0.2, -0.15) is 0 Å². The van der Waals surface area contributed by atoms with Gasteiger partial charge in [-0.05, 0) is 37.5 Å². The molecule has 0 saturated heterocycles. The van der Waals surface area contributed by atoms with E-state index in [1.807, 2.05) is 37.5 Å². The normalized spacial score (nSPS) is 16.8. The van der Waals surface area contributed by atoms with Gasteiger partial charge in [0.2, 0.25) is 5.91 Å². The van der Waals surface area contributed by atoms with Crippen molar-refractivity contribution in [2.24, 2.45) is 4.99 Å². The molecule has 1 aliphatic heterocycles. The summed E-state index contributed by atoms with van der Waals surface area (Å²) in [5.74, 6) is 0.460. The number of alkyl carbamates (subject to hydrolysis) is 1. The number of benzene rings is 1. The van der Waals surface area contributed by atoms with Crippen LogP contribution in [0.2, 0.25) is 0 Å². The smallest absolute Gasteiger partial charge is 0.407 e. The topological polar surface area (TPSA) is 118 Å². The number of nitrogens with zero attached hydrogens (tertiary/aromatic N) is 2. The molecule has 1 atom stereocenters. The van der Waals surface area contributed by atoms with Gasteiger partial charge in [0.05, 0.1) is 25.2 Å². The third kappa shape index (κ3) is 6.54. The van der Waals surface area contributed by atoms with E-state index in [9.17, 15) is 9.59 Å². The zero-order chi connectivity index (χ0) is 24.6. The second-order valence-corrected chi connectivity index (χ2v) is 9.40. The molecule has 1 aliphatic carbocycles. The number of thiophene rings is 1. The van der Waals surface area contributed by atoms with Crippen molar-refractivity contribution in [3.63, 3.8) is 0 Å². The first-order chi connectivity index (χ1) is 17.0. The number of nitrogens with two attached hydrogens (primary N) is 1. The first-order valence-electron chi connectivity index (χ1n) is 11.8. The van der Waals surface area contributed by atoms with Crippen LogP contribution in [-0.4, -0.2) is 62.1 Å². The molecule has 1 aromatic carbocycles. The average molecular weight is 498 g/mol. The predicted octanol–water partition coefficient (Wildman–Crippen LogP) is 3.31. The molecule has 10 heteroatoms. The van der Waals surface area contributed by atoms with Crippen molar-refractivity contribution in [1.82, 2.24) is 10.2 Å². The number of para-hydroxylation sites is 1. The molecule has 35 heavy (non-hydrogen) atoms. The number of hydrogen-bond donors (Lipinski definition) is 3. The number of amides is 2. The average Bonchev–Trinajstić information content (AvgIpc) is 3.47. The minimum atomic E-state index is -0.412. The third-order valence-electron chi connectivity index (χ3n) is 5.83. The molecule has 0 saturated carbocycles. The predicted molar refractivity (Wildman–Crippen MR) is 139 cm³/mol. The lowest BCUT2D eigenvalue weighted by Gasteiger charge is -2.23. The highest BCUT2D eigenvalue weighted by atomic mass is 32.1. The van der Waals surface area contributed by atoms with E-state index in [1.54, 1.807) is 6.08 Å². The van der Waals surface area contributed by atoms with Crippen molar-refractivity contribution >= 4 is 46.4 Å². The van der Waals surface area contributed by atoms with Crippen LogP contribution in [0, 0.1) is 0 Å². The number of nitrogen functional groups attached to an aromatic ring is 1. The fourth-order valence-corrected chi connectivity index (χ4v) is 5.31. The van der Waals surface area contributed by atoms with E-state index in [0.717, 1.165) is 34.8 Å². The summed E-state index contributed by atoms with van der Waals surface area (Å²) in [6.45, 7) is 5.38. The van der Waals surface area contributed by atoms with Crippen LogP contribution in [0.3, 0.4) is 0 Å². The zero-order valence-electron chi connectivity index (χ0n) is 19.8. The summed E-state index contributed by atoms with van der Waals surface area (Å²) >= 11 is 1.44. The van der Waals surface area contributed by atoms with Gasteiger partial charge in [-0.3, -0.25) is 9.79 Å². The number of carbonyl (C=O) groups is 2. The summed E-state index contributed by atoms with van der Waals surface area (Å²) in [6.07, 6.45) is 6.36. The molecule has 2 aliphatic rings. The maximum Gasteiger partial charge on any atom is 0.407 e. The highest BCUT2D eigenvalue weighted by Crippen LogP contribution is 2.40. The van der Waals surface area contributed by atoms with Gasteiger partial charge < -0.3 is 30.7 Å². The Morgan fingerprint density at radius 2 is 2.20 bits per heavy atom. The van der Waals surface area contributed by atoms with Crippen LogP contribution in [0.4, 0.5) is 15.5 Å². The number of anilines is 2. The molecule has 9 nitrogen and oxygen atoms in total. The maximum atomic E-state index is 12.5. The zero-order valence-corrected chi connectivity index (χ0v) is 20.6. The van der Waals surface area contributed by atoms with Crippen LogP contribution in [0.5, 0.6) is 5.75 Å². The Morgan fingerprint density at radius 1 is 1.34 bits per heavy atom. The third-order valence-corrected chi connectivity index (χ3v) is 7.02. The fourth-order valence-electron chi connectivity index (χ4n) is 4.08. The number of ether oxygens (including phenoxy) is 2. The lowest BCUT2D eigenvalue weighted by atomic mass is 9.95. The van der Waals surface area contributed by atoms with E-state index in [1.165, 1.54) is 17.4 Å². The number of aliphatic imine (C=N–C) groups is 1. The highest BCUT2D eigenvalue weighted by Gasteiger charge is 2.27. The number of rotatable bonds is 9. The number of carbonyl (C=O) groups excluding carboxylic acids is 2. The molecule has 2 aromatic rings. The molecule has 186 valence electrons. The van der Waals surface area contributed by atoms with Gasteiger partial charge in [0.1, 0.15) is 16.9 Å². The van der Waals surface area contributed by atoms with Crippen LogP contribution in [0.25, 0.3) is 6.08 Å². The molecular weight excluding hydrogens is 466 g/mol.